The van der Waals surface area contributed by atoms with Crippen LogP contribution in [0.5, 0.6) is 5.75 Å². The van der Waals surface area contributed by atoms with E-state index in [2.05, 4.69) is 5.32 Å². The van der Waals surface area contributed by atoms with Crippen LogP contribution in [0.25, 0.3) is 0 Å². The lowest BCUT2D eigenvalue weighted by molar-refractivity contribution is 0.0827. The average molecular weight is 374 g/mol. The van der Waals surface area contributed by atoms with Gasteiger partial charge in [-0.25, -0.2) is 0 Å². The molecule has 3 aromatic carbocycles. The molecule has 0 spiro atoms. The summed E-state index contributed by atoms with van der Waals surface area (Å²) in [6, 6.07) is 23.7. The molecule has 0 aromatic heterocycles. The molecule has 0 aliphatic rings. The van der Waals surface area contributed by atoms with E-state index in [4.69, 9.17) is 4.74 Å². The first kappa shape index (κ1) is 19.2. The van der Waals surface area contributed by atoms with Crippen molar-refractivity contribution in [2.24, 2.45) is 0 Å². The van der Waals surface area contributed by atoms with Crippen molar-refractivity contribution in [3.05, 3.63) is 95.6 Å². The van der Waals surface area contributed by atoms with E-state index in [1.165, 1.54) is 4.90 Å². The largest absolute Gasteiger partial charge is 0.489 e. The molecule has 28 heavy (non-hydrogen) atoms. The minimum absolute atomic E-state index is 0.0823. The van der Waals surface area contributed by atoms with Crippen molar-refractivity contribution in [2.45, 2.75) is 6.61 Å². The molecule has 0 atom stereocenters. The van der Waals surface area contributed by atoms with Crippen molar-refractivity contribution in [3.8, 4) is 5.75 Å². The van der Waals surface area contributed by atoms with Gasteiger partial charge in [-0.1, -0.05) is 36.4 Å². The number of hydrogen-bond donors (Lipinski definition) is 1. The van der Waals surface area contributed by atoms with Gasteiger partial charge in [-0.15, -0.1) is 0 Å². The highest BCUT2D eigenvalue weighted by Crippen LogP contribution is 2.17. The summed E-state index contributed by atoms with van der Waals surface area (Å²) in [7, 11) is 3.40. The van der Waals surface area contributed by atoms with Crippen LogP contribution in [0.1, 0.15) is 26.3 Å². The SMILES string of the molecule is CN(C)C(=O)c1ccc(NC(=O)c2cccc(OCc3ccccc3)c2)cc1. The molecule has 1 N–H and O–H groups in total. The van der Waals surface area contributed by atoms with Gasteiger partial charge in [-0.3, -0.25) is 9.59 Å². The van der Waals surface area contributed by atoms with Gasteiger partial charge in [0, 0.05) is 30.9 Å². The first-order valence-electron chi connectivity index (χ1n) is 8.93. The summed E-state index contributed by atoms with van der Waals surface area (Å²) in [4.78, 5) is 26.0. The summed E-state index contributed by atoms with van der Waals surface area (Å²) in [5.41, 5.74) is 2.75. The Morgan fingerprint density at radius 2 is 1.57 bits per heavy atom. The molecule has 0 saturated carbocycles. The van der Waals surface area contributed by atoms with Crippen LogP contribution in [0.15, 0.2) is 78.9 Å². The van der Waals surface area contributed by atoms with Gasteiger partial charge in [0.2, 0.25) is 0 Å². The molecular formula is C23H22N2O3. The van der Waals surface area contributed by atoms with Gasteiger partial charge >= 0.3 is 0 Å². The summed E-state index contributed by atoms with van der Waals surface area (Å²) >= 11 is 0. The molecule has 0 radical (unpaired) electrons. The molecule has 5 heteroatoms. The molecule has 5 nitrogen and oxygen atoms in total. The van der Waals surface area contributed by atoms with Crippen molar-refractivity contribution in [1.29, 1.82) is 0 Å². The zero-order valence-electron chi connectivity index (χ0n) is 15.9. The van der Waals surface area contributed by atoms with E-state index in [1.54, 1.807) is 56.6 Å². The summed E-state index contributed by atoms with van der Waals surface area (Å²) in [6.07, 6.45) is 0. The highest BCUT2D eigenvalue weighted by molar-refractivity contribution is 6.04. The van der Waals surface area contributed by atoms with Gasteiger partial charge < -0.3 is 15.0 Å². The lowest BCUT2D eigenvalue weighted by atomic mass is 10.1. The molecule has 0 bridgehead atoms. The van der Waals surface area contributed by atoms with Gasteiger partial charge in [0.15, 0.2) is 0 Å². The molecule has 0 heterocycles. The lowest BCUT2D eigenvalue weighted by Crippen LogP contribution is -2.21. The van der Waals surface area contributed by atoms with Crippen molar-refractivity contribution < 1.29 is 14.3 Å². The van der Waals surface area contributed by atoms with Crippen molar-refractivity contribution in [2.75, 3.05) is 19.4 Å². The number of nitrogens with zero attached hydrogens (tertiary/aromatic N) is 1. The molecule has 0 saturated heterocycles. The third kappa shape index (κ3) is 4.98. The van der Waals surface area contributed by atoms with Crippen molar-refractivity contribution >= 4 is 17.5 Å². The van der Waals surface area contributed by atoms with Crippen LogP contribution in [0.2, 0.25) is 0 Å². The topological polar surface area (TPSA) is 58.6 Å². The predicted octanol–water partition coefficient (Wildman–Crippen LogP) is 4.22. The Balaban J connectivity index is 1.63. The number of anilines is 1. The zero-order valence-corrected chi connectivity index (χ0v) is 15.9. The van der Waals surface area contributed by atoms with E-state index in [0.717, 1.165) is 5.56 Å². The van der Waals surface area contributed by atoms with Crippen LogP contribution in [-0.2, 0) is 6.61 Å². The summed E-state index contributed by atoms with van der Waals surface area (Å²) in [5.74, 6) is 0.307. The molecular weight excluding hydrogens is 352 g/mol. The van der Waals surface area contributed by atoms with Gasteiger partial charge in [-0.2, -0.15) is 0 Å². The van der Waals surface area contributed by atoms with E-state index < -0.39 is 0 Å². The fourth-order valence-electron chi connectivity index (χ4n) is 2.63. The molecule has 3 rings (SSSR count). The van der Waals surface area contributed by atoms with Gasteiger partial charge in [0.25, 0.3) is 11.8 Å². The van der Waals surface area contributed by atoms with Gasteiger partial charge in [0.05, 0.1) is 0 Å². The summed E-state index contributed by atoms with van der Waals surface area (Å²) in [6.45, 7) is 0.438. The molecule has 2 amide bonds. The van der Waals surface area contributed by atoms with Crippen LogP contribution in [0.3, 0.4) is 0 Å². The second-order valence-electron chi connectivity index (χ2n) is 6.53. The zero-order chi connectivity index (χ0) is 19.9. The summed E-state index contributed by atoms with van der Waals surface area (Å²) in [5, 5.41) is 2.84. The minimum atomic E-state index is -0.239. The average Bonchev–Trinajstić information content (AvgIpc) is 2.73. The smallest absolute Gasteiger partial charge is 0.255 e. The number of hydrogen-bond acceptors (Lipinski definition) is 3. The minimum Gasteiger partial charge on any atom is -0.489 e. The molecule has 0 unspecified atom stereocenters. The molecule has 0 fully saturated rings. The van der Waals surface area contributed by atoms with Gasteiger partial charge in [-0.05, 0) is 48.0 Å². The van der Waals surface area contributed by atoms with E-state index >= 15 is 0 Å². The molecule has 0 aliphatic heterocycles. The van der Waals surface area contributed by atoms with E-state index in [9.17, 15) is 9.59 Å². The molecule has 142 valence electrons. The Morgan fingerprint density at radius 3 is 2.25 bits per heavy atom. The highest BCUT2D eigenvalue weighted by atomic mass is 16.5. The Morgan fingerprint density at radius 1 is 0.857 bits per heavy atom. The Bertz CT molecular complexity index is 951. The number of amides is 2. The van der Waals surface area contributed by atoms with Crippen LogP contribution >= 0.6 is 0 Å². The Labute approximate surface area is 164 Å². The van der Waals surface area contributed by atoms with E-state index in [-0.39, 0.29) is 11.8 Å². The number of carbonyl (C=O) groups excluding carboxylic acids is 2. The first-order valence-corrected chi connectivity index (χ1v) is 8.93. The second kappa shape index (κ2) is 8.86. The van der Waals surface area contributed by atoms with E-state index in [1.807, 2.05) is 36.4 Å². The Kier molecular flexibility index (Phi) is 6.07. The number of benzene rings is 3. The number of nitrogens with one attached hydrogen (secondary N) is 1. The third-order valence-electron chi connectivity index (χ3n) is 4.14. The normalized spacial score (nSPS) is 10.2. The van der Waals surface area contributed by atoms with Crippen LogP contribution in [-0.4, -0.2) is 30.8 Å². The molecule has 3 aromatic rings. The van der Waals surface area contributed by atoms with Crippen LogP contribution in [0.4, 0.5) is 5.69 Å². The van der Waals surface area contributed by atoms with Gasteiger partial charge in [0.1, 0.15) is 12.4 Å². The van der Waals surface area contributed by atoms with Crippen LogP contribution < -0.4 is 10.1 Å². The highest BCUT2D eigenvalue weighted by Gasteiger charge is 2.10. The molecule has 0 aliphatic carbocycles. The number of carbonyl (C=O) groups is 2. The summed E-state index contributed by atoms with van der Waals surface area (Å²) < 4.78 is 5.78. The first-order chi connectivity index (χ1) is 13.5. The van der Waals surface area contributed by atoms with Crippen LogP contribution in [0, 0.1) is 0 Å². The fraction of sp³-hybridized carbons (Fsp3) is 0.130. The quantitative estimate of drug-likeness (QED) is 0.703. The standard InChI is InChI=1S/C23H22N2O3/c1-25(2)23(27)18-11-13-20(14-12-18)24-22(26)19-9-6-10-21(15-19)28-16-17-7-4-3-5-8-17/h3-15H,16H2,1-2H3,(H,24,26). The fourth-order valence-corrected chi connectivity index (χ4v) is 2.63. The predicted molar refractivity (Wildman–Crippen MR) is 110 cm³/mol. The number of rotatable bonds is 6. The maximum absolute atomic E-state index is 12.5. The maximum atomic E-state index is 12.5. The monoisotopic (exact) mass is 374 g/mol. The second-order valence-corrected chi connectivity index (χ2v) is 6.53. The Hall–Kier alpha value is -3.60. The lowest BCUT2D eigenvalue weighted by Gasteiger charge is -2.11. The maximum Gasteiger partial charge on any atom is 0.255 e. The van der Waals surface area contributed by atoms with Crippen molar-refractivity contribution in [1.82, 2.24) is 4.90 Å². The van der Waals surface area contributed by atoms with Crippen molar-refractivity contribution in [3.63, 3.8) is 0 Å². The third-order valence-corrected chi connectivity index (χ3v) is 4.14. The van der Waals surface area contributed by atoms with E-state index in [0.29, 0.717) is 29.2 Å². The number of ether oxygens (including phenoxy) is 1.